The first kappa shape index (κ1) is 15.3. The lowest BCUT2D eigenvalue weighted by Gasteiger charge is -1.90. The van der Waals surface area contributed by atoms with Crippen LogP contribution in [0.15, 0.2) is 54.6 Å². The van der Waals surface area contributed by atoms with Crippen molar-refractivity contribution < 1.29 is 9.85 Å². The largest absolute Gasteiger partial charge is 0.276 e. The molecule has 0 saturated heterocycles. The smallest absolute Gasteiger partial charge is 0.258 e. The van der Waals surface area contributed by atoms with Gasteiger partial charge in [0, 0.05) is 12.1 Å². The Morgan fingerprint density at radius 2 is 1.35 bits per heavy atom. The van der Waals surface area contributed by atoms with E-state index in [1.807, 2.05) is 6.07 Å². The fourth-order valence-electron chi connectivity index (χ4n) is 1.43. The van der Waals surface area contributed by atoms with E-state index in [2.05, 4.69) is 31.2 Å². The van der Waals surface area contributed by atoms with Gasteiger partial charge >= 0.3 is 0 Å². The van der Waals surface area contributed by atoms with E-state index in [1.54, 1.807) is 0 Å². The number of hydrogen-bond acceptors (Lipinski definition) is 4. The fourth-order valence-corrected chi connectivity index (χ4v) is 1.43. The number of aryl methyl sites for hydroxylation is 1. The first-order valence-electron chi connectivity index (χ1n) is 5.97. The van der Waals surface area contributed by atoms with Crippen molar-refractivity contribution in [1.82, 2.24) is 0 Å². The number of nitro groups is 2. The first-order chi connectivity index (χ1) is 9.54. The molecule has 0 bridgehead atoms. The number of hydrogen-bond donors (Lipinski definition) is 0. The summed E-state index contributed by atoms with van der Waals surface area (Å²) in [6, 6.07) is 15.0. The van der Waals surface area contributed by atoms with E-state index in [0.717, 1.165) is 12.5 Å². The van der Waals surface area contributed by atoms with E-state index in [1.165, 1.54) is 23.8 Å². The SMILES string of the molecule is CCc1ccccc1.O=[N+]([O-])c1cccc([N+](=O)[O-])c1. The summed E-state index contributed by atoms with van der Waals surface area (Å²) in [4.78, 5) is 19.0. The number of nitrogens with zero attached hydrogens (tertiary/aromatic N) is 2. The molecule has 6 heteroatoms. The molecule has 104 valence electrons. The number of non-ortho nitro benzene ring substituents is 2. The van der Waals surface area contributed by atoms with Gasteiger partial charge in [0.1, 0.15) is 0 Å². The fraction of sp³-hybridized carbons (Fsp3) is 0.143. The highest BCUT2D eigenvalue weighted by molar-refractivity contribution is 5.42. The molecule has 0 radical (unpaired) electrons. The van der Waals surface area contributed by atoms with Gasteiger partial charge in [-0.1, -0.05) is 37.3 Å². The Bertz CT molecular complexity index is 555. The van der Waals surface area contributed by atoms with Gasteiger partial charge in [-0.2, -0.15) is 0 Å². The Kier molecular flexibility index (Phi) is 5.83. The van der Waals surface area contributed by atoms with Crippen LogP contribution in [0.2, 0.25) is 0 Å². The lowest BCUT2D eigenvalue weighted by Crippen LogP contribution is -1.91. The predicted molar refractivity (Wildman–Crippen MR) is 75.6 cm³/mol. The Balaban J connectivity index is 0.000000217. The van der Waals surface area contributed by atoms with Gasteiger partial charge in [0.25, 0.3) is 11.4 Å². The van der Waals surface area contributed by atoms with Gasteiger partial charge in [0.05, 0.1) is 15.9 Å². The third kappa shape index (κ3) is 4.85. The van der Waals surface area contributed by atoms with E-state index >= 15 is 0 Å². The van der Waals surface area contributed by atoms with Crippen molar-refractivity contribution in [2.24, 2.45) is 0 Å². The minimum atomic E-state index is -0.674. The van der Waals surface area contributed by atoms with Crippen LogP contribution in [0.25, 0.3) is 0 Å². The lowest BCUT2D eigenvalue weighted by atomic mass is 10.2. The highest BCUT2D eigenvalue weighted by Gasteiger charge is 2.11. The molecule has 2 aromatic rings. The molecule has 0 aliphatic rings. The predicted octanol–water partition coefficient (Wildman–Crippen LogP) is 3.75. The van der Waals surface area contributed by atoms with Crippen LogP contribution in [-0.2, 0) is 6.42 Å². The molecule has 20 heavy (non-hydrogen) atoms. The lowest BCUT2D eigenvalue weighted by molar-refractivity contribution is -0.394. The van der Waals surface area contributed by atoms with Crippen molar-refractivity contribution in [3.8, 4) is 0 Å². The monoisotopic (exact) mass is 274 g/mol. The molecular weight excluding hydrogens is 260 g/mol. The molecule has 0 spiro atoms. The van der Waals surface area contributed by atoms with Gasteiger partial charge < -0.3 is 0 Å². The summed E-state index contributed by atoms with van der Waals surface area (Å²) in [6.45, 7) is 2.16. The topological polar surface area (TPSA) is 86.3 Å². The zero-order valence-electron chi connectivity index (χ0n) is 10.9. The second-order valence-corrected chi connectivity index (χ2v) is 3.87. The maximum absolute atomic E-state index is 10.2. The third-order valence-electron chi connectivity index (χ3n) is 2.50. The summed E-state index contributed by atoms with van der Waals surface area (Å²) >= 11 is 0. The molecule has 6 nitrogen and oxygen atoms in total. The maximum atomic E-state index is 10.2. The molecule has 0 unspecified atom stereocenters. The average Bonchev–Trinajstić information content (AvgIpc) is 2.49. The van der Waals surface area contributed by atoms with Crippen LogP contribution >= 0.6 is 0 Å². The normalized spacial score (nSPS) is 9.25. The van der Waals surface area contributed by atoms with E-state index in [-0.39, 0.29) is 11.4 Å². The highest BCUT2D eigenvalue weighted by atomic mass is 16.6. The molecule has 0 fully saturated rings. The van der Waals surface area contributed by atoms with Gasteiger partial charge in [-0.25, -0.2) is 0 Å². The Morgan fingerprint density at radius 3 is 1.70 bits per heavy atom. The first-order valence-corrected chi connectivity index (χ1v) is 5.97. The quantitative estimate of drug-likeness (QED) is 0.630. The van der Waals surface area contributed by atoms with Gasteiger partial charge in [-0.05, 0) is 18.1 Å². The molecule has 0 amide bonds. The summed E-state index contributed by atoms with van der Waals surface area (Å²) in [5.74, 6) is 0. The Labute approximate surface area is 116 Å². The van der Waals surface area contributed by atoms with Crippen LogP contribution in [0.3, 0.4) is 0 Å². The summed E-state index contributed by atoms with van der Waals surface area (Å²) < 4.78 is 0. The molecule has 0 aliphatic heterocycles. The zero-order chi connectivity index (χ0) is 15.0. The second-order valence-electron chi connectivity index (χ2n) is 3.87. The van der Waals surface area contributed by atoms with Crippen molar-refractivity contribution in [1.29, 1.82) is 0 Å². The molecule has 2 aromatic carbocycles. The van der Waals surface area contributed by atoms with Crippen LogP contribution in [-0.4, -0.2) is 9.85 Å². The molecule has 0 aromatic heterocycles. The van der Waals surface area contributed by atoms with Crippen LogP contribution in [0.4, 0.5) is 11.4 Å². The van der Waals surface area contributed by atoms with Crippen LogP contribution in [0.5, 0.6) is 0 Å². The number of nitro benzene ring substituents is 2. The van der Waals surface area contributed by atoms with Crippen LogP contribution in [0.1, 0.15) is 12.5 Å². The van der Waals surface area contributed by atoms with Crippen LogP contribution in [0, 0.1) is 20.2 Å². The summed E-state index contributed by atoms with van der Waals surface area (Å²) in [5, 5.41) is 20.3. The standard InChI is InChI=1S/C8H10.C6H4N2O4/c1-2-8-6-4-3-5-7-8;9-7(10)5-2-1-3-6(4-5)8(11)12/h3-7H,2H2,1H3;1-4H. The average molecular weight is 274 g/mol. The molecular formula is C14H14N2O4. The van der Waals surface area contributed by atoms with Crippen molar-refractivity contribution in [3.05, 3.63) is 80.4 Å². The molecule has 2 rings (SSSR count). The second kappa shape index (κ2) is 7.63. The van der Waals surface area contributed by atoms with E-state index in [0.29, 0.717) is 0 Å². The minimum Gasteiger partial charge on any atom is -0.258 e. The molecule has 0 aliphatic carbocycles. The summed E-state index contributed by atoms with van der Waals surface area (Å²) in [5.41, 5.74) is 0.862. The highest BCUT2D eigenvalue weighted by Crippen LogP contribution is 2.18. The molecule has 0 saturated carbocycles. The van der Waals surface area contributed by atoms with E-state index in [4.69, 9.17) is 0 Å². The number of benzene rings is 2. The Morgan fingerprint density at radius 1 is 0.850 bits per heavy atom. The molecule has 0 N–H and O–H groups in total. The van der Waals surface area contributed by atoms with E-state index < -0.39 is 9.85 Å². The summed E-state index contributed by atoms with van der Waals surface area (Å²) in [6.07, 6.45) is 1.14. The van der Waals surface area contributed by atoms with Gasteiger partial charge in [-0.15, -0.1) is 0 Å². The van der Waals surface area contributed by atoms with Gasteiger partial charge in [0.15, 0.2) is 0 Å². The van der Waals surface area contributed by atoms with E-state index in [9.17, 15) is 20.2 Å². The zero-order valence-corrected chi connectivity index (χ0v) is 10.9. The summed E-state index contributed by atoms with van der Waals surface area (Å²) in [7, 11) is 0. The maximum Gasteiger partial charge on any atom is 0.276 e. The van der Waals surface area contributed by atoms with Gasteiger partial charge in [0.2, 0.25) is 0 Å². The molecule has 0 heterocycles. The Hall–Kier alpha value is -2.76. The molecule has 0 atom stereocenters. The third-order valence-corrected chi connectivity index (χ3v) is 2.50. The minimum absolute atomic E-state index is 0.274. The van der Waals surface area contributed by atoms with Crippen molar-refractivity contribution in [2.75, 3.05) is 0 Å². The van der Waals surface area contributed by atoms with Crippen molar-refractivity contribution >= 4 is 11.4 Å². The van der Waals surface area contributed by atoms with Crippen molar-refractivity contribution in [2.45, 2.75) is 13.3 Å². The van der Waals surface area contributed by atoms with Crippen LogP contribution < -0.4 is 0 Å². The van der Waals surface area contributed by atoms with Gasteiger partial charge in [-0.3, -0.25) is 20.2 Å². The van der Waals surface area contributed by atoms with Crippen molar-refractivity contribution in [3.63, 3.8) is 0 Å². The number of rotatable bonds is 3.